The van der Waals surface area contributed by atoms with Crippen molar-refractivity contribution in [2.24, 2.45) is 0 Å². The number of carbonyl (C=O) groups is 2. The van der Waals surface area contributed by atoms with Crippen molar-refractivity contribution in [2.45, 2.75) is 13.3 Å². The molecule has 0 spiro atoms. The van der Waals surface area contributed by atoms with Crippen LogP contribution in [0.5, 0.6) is 0 Å². The number of hydrogen-bond donors (Lipinski definition) is 2. The van der Waals surface area contributed by atoms with Gasteiger partial charge in [0, 0.05) is 12.2 Å². The van der Waals surface area contributed by atoms with E-state index in [1.54, 1.807) is 25.1 Å². The van der Waals surface area contributed by atoms with E-state index in [2.05, 4.69) is 21.2 Å². The Hall–Kier alpha value is -1.56. The van der Waals surface area contributed by atoms with Crippen molar-refractivity contribution in [3.63, 3.8) is 0 Å². The third-order valence-electron chi connectivity index (χ3n) is 2.19. The monoisotopic (exact) mass is 314 g/mol. The summed E-state index contributed by atoms with van der Waals surface area (Å²) in [6.07, 6.45) is 0.152. The summed E-state index contributed by atoms with van der Waals surface area (Å²) in [6, 6.07) is 5.04. The van der Waals surface area contributed by atoms with Gasteiger partial charge in [0.25, 0.3) is 5.91 Å². The number of nitrogens with one attached hydrogen (secondary N) is 1. The van der Waals surface area contributed by atoms with Crippen LogP contribution < -0.4 is 11.1 Å². The highest BCUT2D eigenvalue weighted by Crippen LogP contribution is 2.23. The molecule has 1 aromatic carbocycles. The number of anilines is 1. The van der Waals surface area contributed by atoms with E-state index in [1.165, 1.54) is 0 Å². The van der Waals surface area contributed by atoms with Crippen molar-refractivity contribution in [1.29, 1.82) is 0 Å². The van der Waals surface area contributed by atoms with Gasteiger partial charge in [0.15, 0.2) is 0 Å². The van der Waals surface area contributed by atoms with Crippen LogP contribution in [0.4, 0.5) is 5.69 Å². The fourth-order valence-corrected chi connectivity index (χ4v) is 1.78. The maximum absolute atomic E-state index is 11.8. The largest absolute Gasteiger partial charge is 0.466 e. The molecule has 0 radical (unpaired) electrons. The van der Waals surface area contributed by atoms with Crippen LogP contribution >= 0.6 is 15.9 Å². The molecule has 6 heteroatoms. The van der Waals surface area contributed by atoms with Gasteiger partial charge in [0.05, 0.1) is 23.1 Å². The van der Waals surface area contributed by atoms with Crippen LogP contribution in [0, 0.1) is 0 Å². The second-order valence-electron chi connectivity index (χ2n) is 3.52. The lowest BCUT2D eigenvalue weighted by Crippen LogP contribution is -2.27. The van der Waals surface area contributed by atoms with Gasteiger partial charge in [0.2, 0.25) is 0 Å². The molecule has 0 aliphatic heterocycles. The molecule has 0 atom stereocenters. The number of nitrogens with two attached hydrogens (primary N) is 1. The van der Waals surface area contributed by atoms with Crippen molar-refractivity contribution in [3.05, 3.63) is 28.2 Å². The zero-order valence-electron chi connectivity index (χ0n) is 10.0. The SMILES string of the molecule is CCOC(=O)CCNC(=O)c1cccc(N)c1Br. The van der Waals surface area contributed by atoms with Gasteiger partial charge in [-0.3, -0.25) is 9.59 Å². The minimum Gasteiger partial charge on any atom is -0.466 e. The van der Waals surface area contributed by atoms with Gasteiger partial charge in [-0.15, -0.1) is 0 Å². The minimum atomic E-state index is -0.329. The first-order valence-corrected chi connectivity index (χ1v) is 6.33. The summed E-state index contributed by atoms with van der Waals surface area (Å²) in [5.74, 6) is -0.608. The zero-order chi connectivity index (χ0) is 13.5. The van der Waals surface area contributed by atoms with Crippen molar-refractivity contribution in [3.8, 4) is 0 Å². The Labute approximate surface area is 114 Å². The van der Waals surface area contributed by atoms with E-state index in [0.29, 0.717) is 22.3 Å². The van der Waals surface area contributed by atoms with Gasteiger partial charge in [-0.05, 0) is 35.0 Å². The predicted molar refractivity (Wildman–Crippen MR) is 72.1 cm³/mol. The van der Waals surface area contributed by atoms with Crippen molar-refractivity contribution < 1.29 is 14.3 Å². The second kappa shape index (κ2) is 7.00. The van der Waals surface area contributed by atoms with Gasteiger partial charge >= 0.3 is 5.97 Å². The van der Waals surface area contributed by atoms with Crippen LogP contribution in [-0.4, -0.2) is 25.0 Å². The number of amides is 1. The molecule has 0 saturated carbocycles. The van der Waals surface area contributed by atoms with E-state index in [-0.39, 0.29) is 24.8 Å². The predicted octanol–water partition coefficient (Wildman–Crippen LogP) is 1.71. The van der Waals surface area contributed by atoms with Crippen molar-refractivity contribution in [2.75, 3.05) is 18.9 Å². The third kappa shape index (κ3) is 4.03. The number of benzene rings is 1. The minimum absolute atomic E-state index is 0.152. The molecule has 1 aromatic rings. The smallest absolute Gasteiger partial charge is 0.307 e. The summed E-state index contributed by atoms with van der Waals surface area (Å²) in [6.45, 7) is 2.31. The molecular weight excluding hydrogens is 300 g/mol. The van der Waals surface area contributed by atoms with Crippen LogP contribution in [0.15, 0.2) is 22.7 Å². The standard InChI is InChI=1S/C12H15BrN2O3/c1-2-18-10(16)6-7-15-12(17)8-4-3-5-9(14)11(8)13/h3-5H,2,6-7,14H2,1H3,(H,15,17). The number of rotatable bonds is 5. The number of hydrogen-bond acceptors (Lipinski definition) is 4. The highest BCUT2D eigenvalue weighted by molar-refractivity contribution is 9.10. The summed E-state index contributed by atoms with van der Waals surface area (Å²) >= 11 is 3.25. The molecule has 0 saturated heterocycles. The average Bonchev–Trinajstić information content (AvgIpc) is 2.33. The van der Waals surface area contributed by atoms with Gasteiger partial charge in [-0.25, -0.2) is 0 Å². The number of nitrogen functional groups attached to an aromatic ring is 1. The summed E-state index contributed by atoms with van der Waals surface area (Å²) in [4.78, 5) is 22.9. The molecule has 1 rings (SSSR count). The zero-order valence-corrected chi connectivity index (χ0v) is 11.6. The van der Waals surface area contributed by atoms with Crippen LogP contribution in [0.3, 0.4) is 0 Å². The summed E-state index contributed by atoms with van der Waals surface area (Å²) in [5, 5.41) is 2.63. The summed E-state index contributed by atoms with van der Waals surface area (Å²) < 4.78 is 5.31. The molecule has 0 aliphatic carbocycles. The number of esters is 1. The third-order valence-corrected chi connectivity index (χ3v) is 3.08. The van der Waals surface area contributed by atoms with Gasteiger partial charge in [0.1, 0.15) is 0 Å². The van der Waals surface area contributed by atoms with Gasteiger partial charge < -0.3 is 15.8 Å². The Bertz CT molecular complexity index is 449. The Morgan fingerprint density at radius 2 is 2.17 bits per heavy atom. The lowest BCUT2D eigenvalue weighted by Gasteiger charge is -2.08. The van der Waals surface area contributed by atoms with Crippen LogP contribution in [0.25, 0.3) is 0 Å². The number of carbonyl (C=O) groups excluding carboxylic acids is 2. The molecule has 0 heterocycles. The summed E-state index contributed by atoms with van der Waals surface area (Å²) in [5.41, 5.74) is 6.61. The maximum atomic E-state index is 11.8. The van der Waals surface area contributed by atoms with Crippen LogP contribution in [0.1, 0.15) is 23.7 Å². The highest BCUT2D eigenvalue weighted by Gasteiger charge is 2.11. The molecule has 18 heavy (non-hydrogen) atoms. The molecule has 98 valence electrons. The lowest BCUT2D eigenvalue weighted by molar-refractivity contribution is -0.142. The molecule has 5 nitrogen and oxygen atoms in total. The quantitative estimate of drug-likeness (QED) is 0.640. The summed E-state index contributed by atoms with van der Waals surface area (Å²) in [7, 11) is 0. The van der Waals surface area contributed by atoms with E-state index < -0.39 is 0 Å². The van der Waals surface area contributed by atoms with E-state index >= 15 is 0 Å². The molecule has 0 aromatic heterocycles. The average molecular weight is 315 g/mol. The highest BCUT2D eigenvalue weighted by atomic mass is 79.9. The number of ether oxygens (including phenoxy) is 1. The van der Waals surface area contributed by atoms with E-state index in [9.17, 15) is 9.59 Å². The topological polar surface area (TPSA) is 81.4 Å². The molecule has 0 aliphatic rings. The molecule has 0 bridgehead atoms. The normalized spacial score (nSPS) is 9.89. The molecule has 3 N–H and O–H groups in total. The maximum Gasteiger partial charge on any atom is 0.307 e. The van der Waals surface area contributed by atoms with E-state index in [0.717, 1.165) is 0 Å². The first kappa shape index (κ1) is 14.5. The first-order valence-electron chi connectivity index (χ1n) is 5.54. The first-order chi connectivity index (χ1) is 8.56. The number of halogens is 1. The Balaban J connectivity index is 2.51. The van der Waals surface area contributed by atoms with Gasteiger partial charge in [-0.1, -0.05) is 6.07 Å². The fourth-order valence-electron chi connectivity index (χ4n) is 1.33. The second-order valence-corrected chi connectivity index (χ2v) is 4.31. The Kier molecular flexibility index (Phi) is 5.64. The van der Waals surface area contributed by atoms with Crippen molar-refractivity contribution >= 4 is 33.5 Å². The molecule has 0 fully saturated rings. The molecule has 0 unspecified atom stereocenters. The Morgan fingerprint density at radius 3 is 2.83 bits per heavy atom. The van der Waals surface area contributed by atoms with Crippen LogP contribution in [-0.2, 0) is 9.53 Å². The van der Waals surface area contributed by atoms with Gasteiger partial charge in [-0.2, -0.15) is 0 Å². The Morgan fingerprint density at radius 1 is 1.44 bits per heavy atom. The van der Waals surface area contributed by atoms with E-state index in [4.69, 9.17) is 10.5 Å². The fraction of sp³-hybridized carbons (Fsp3) is 0.333. The molecule has 1 amide bonds. The van der Waals surface area contributed by atoms with Crippen molar-refractivity contribution in [1.82, 2.24) is 5.32 Å². The lowest BCUT2D eigenvalue weighted by atomic mass is 10.2. The van der Waals surface area contributed by atoms with E-state index in [1.807, 2.05) is 0 Å². The van der Waals surface area contributed by atoms with Crippen LogP contribution in [0.2, 0.25) is 0 Å². The molecular formula is C12H15BrN2O3.